The highest BCUT2D eigenvalue weighted by Gasteiger charge is 2.32. The maximum absolute atomic E-state index is 10.1. The molecule has 1 aliphatic rings. The first-order valence-electron chi connectivity index (χ1n) is 2.01. The van der Waals surface area contributed by atoms with Crippen molar-refractivity contribution >= 4 is 18.9 Å². The van der Waals surface area contributed by atoms with Gasteiger partial charge in [0.1, 0.15) is 0 Å². The molecule has 1 heterocycles. The second-order valence-electron chi connectivity index (χ2n) is 1.52. The van der Waals surface area contributed by atoms with Crippen LogP contribution >= 0.6 is 0 Å². The van der Waals surface area contributed by atoms with Crippen molar-refractivity contribution in [3.05, 3.63) is 0 Å². The van der Waals surface area contributed by atoms with Gasteiger partial charge in [-0.3, -0.25) is 9.59 Å². The van der Waals surface area contributed by atoms with Crippen LogP contribution in [0.15, 0.2) is 0 Å². The lowest BCUT2D eigenvalue weighted by Gasteiger charge is -2.22. The Labute approximate surface area is 41.5 Å². The molecule has 0 spiro atoms. The maximum atomic E-state index is 10.1. The molecule has 0 radical (unpaired) electrons. The lowest BCUT2D eigenvalue weighted by molar-refractivity contribution is 0.212. The minimum absolute atomic E-state index is 0.0787. The van der Waals surface area contributed by atoms with Crippen LogP contribution in [0, 0.1) is 0 Å². The second-order valence-corrected chi connectivity index (χ2v) is 1.52. The molecule has 1 aliphatic heterocycles. The van der Waals surface area contributed by atoms with Crippen LogP contribution in [0.2, 0.25) is 0 Å². The highest BCUT2D eigenvalue weighted by molar-refractivity contribution is 7.04. The van der Waals surface area contributed by atoms with Gasteiger partial charge in [0.05, 0.1) is 0 Å². The summed E-state index contributed by atoms with van der Waals surface area (Å²) in [6, 6.07) is 0. The Balaban J connectivity index is 2.59. The third kappa shape index (κ3) is 0.426. The fourth-order valence-corrected chi connectivity index (χ4v) is 0.414. The van der Waals surface area contributed by atoms with Crippen molar-refractivity contribution in [2.75, 3.05) is 7.05 Å². The minimum atomic E-state index is -0.0787. The molecule has 0 atom stereocenters. The summed E-state index contributed by atoms with van der Waals surface area (Å²) in [6.45, 7) is 0. The average molecular weight is 96.9 g/mol. The molecular formula is C3H4BNO2. The van der Waals surface area contributed by atoms with Crippen molar-refractivity contribution in [3.8, 4) is 0 Å². The van der Waals surface area contributed by atoms with Gasteiger partial charge in [0.25, 0.3) is 0 Å². The van der Waals surface area contributed by atoms with E-state index in [1.165, 1.54) is 7.05 Å². The number of carbonyl (C=O) groups is 2. The quantitative estimate of drug-likeness (QED) is 0.386. The maximum Gasteiger partial charge on any atom is 0.342 e. The molecule has 0 aromatic heterocycles. The zero-order valence-electron chi connectivity index (χ0n) is 3.97. The van der Waals surface area contributed by atoms with Crippen LogP contribution in [0.5, 0.6) is 0 Å². The third-order valence-corrected chi connectivity index (χ3v) is 1.05. The minimum Gasteiger partial charge on any atom is -0.303 e. The van der Waals surface area contributed by atoms with Crippen molar-refractivity contribution in [2.45, 2.75) is 0 Å². The molecule has 1 saturated heterocycles. The topological polar surface area (TPSA) is 37.4 Å². The Morgan fingerprint density at radius 3 is 1.86 bits per heavy atom. The van der Waals surface area contributed by atoms with Gasteiger partial charge in [-0.05, 0) is 0 Å². The Morgan fingerprint density at radius 2 is 1.86 bits per heavy atom. The molecule has 0 unspecified atom stereocenters. The fraction of sp³-hybridized carbons (Fsp3) is 0.333. The van der Waals surface area contributed by atoms with Gasteiger partial charge in [0.2, 0.25) is 0 Å². The average Bonchev–Trinajstić information content (AvgIpc) is 1.68. The van der Waals surface area contributed by atoms with E-state index in [2.05, 4.69) is 0 Å². The van der Waals surface area contributed by atoms with Crippen LogP contribution < -0.4 is 0 Å². The van der Waals surface area contributed by atoms with E-state index < -0.39 is 0 Å². The molecule has 0 saturated carbocycles. The van der Waals surface area contributed by atoms with E-state index in [0.717, 1.165) is 4.90 Å². The van der Waals surface area contributed by atoms with Gasteiger partial charge in [-0.15, -0.1) is 0 Å². The normalized spacial score (nSPS) is 18.7. The van der Waals surface area contributed by atoms with Gasteiger partial charge in [-0.25, -0.2) is 0 Å². The molecule has 0 N–H and O–H groups in total. The molecule has 2 amide bonds. The lowest BCUT2D eigenvalue weighted by Crippen LogP contribution is -2.51. The van der Waals surface area contributed by atoms with Crippen molar-refractivity contribution < 1.29 is 9.59 Å². The zero-order chi connectivity index (χ0) is 5.44. The smallest absolute Gasteiger partial charge is 0.303 e. The molecule has 0 aliphatic carbocycles. The first-order chi connectivity index (χ1) is 3.22. The zero-order valence-corrected chi connectivity index (χ0v) is 3.97. The van der Waals surface area contributed by atoms with E-state index in [-0.39, 0.29) is 18.9 Å². The predicted octanol–water partition coefficient (Wildman–Crippen LogP) is -0.392. The van der Waals surface area contributed by atoms with Crippen LogP contribution in [0.4, 0.5) is 9.59 Å². The Bertz CT molecular complexity index is 119. The summed E-state index contributed by atoms with van der Waals surface area (Å²) < 4.78 is 0. The second kappa shape index (κ2) is 1.09. The molecule has 3 nitrogen and oxygen atoms in total. The number of rotatable bonds is 0. The van der Waals surface area contributed by atoms with Gasteiger partial charge in [0.15, 0.2) is 11.6 Å². The van der Waals surface area contributed by atoms with Crippen LogP contribution in [0.3, 0.4) is 0 Å². The van der Waals surface area contributed by atoms with E-state index in [0.29, 0.717) is 0 Å². The molecule has 0 aromatic carbocycles. The highest BCUT2D eigenvalue weighted by atomic mass is 16.2. The SMILES string of the molecule is CN1C(=O)BC1=O. The standard InChI is InChI=1S/C3H4BNO2/c1-5-2(6)4-3(5)7/h4H,1H3. The molecular weight excluding hydrogens is 92.8 g/mol. The molecule has 0 bridgehead atoms. The molecule has 4 heteroatoms. The van der Waals surface area contributed by atoms with E-state index in [9.17, 15) is 9.59 Å². The van der Waals surface area contributed by atoms with Gasteiger partial charge in [-0.2, -0.15) is 0 Å². The van der Waals surface area contributed by atoms with Crippen LogP contribution in [0.25, 0.3) is 0 Å². The number of hydrogen-bond donors (Lipinski definition) is 0. The first kappa shape index (κ1) is 4.37. The fourth-order valence-electron chi connectivity index (χ4n) is 0.414. The Kier molecular flexibility index (Phi) is 0.677. The van der Waals surface area contributed by atoms with Gasteiger partial charge in [0, 0.05) is 7.05 Å². The van der Waals surface area contributed by atoms with Crippen molar-refractivity contribution in [1.82, 2.24) is 4.90 Å². The Hall–Kier alpha value is -0.795. The van der Waals surface area contributed by atoms with Gasteiger partial charge < -0.3 is 4.90 Å². The summed E-state index contributed by atoms with van der Waals surface area (Å²) in [4.78, 5) is 21.4. The summed E-state index contributed by atoms with van der Waals surface area (Å²) in [6.07, 6.45) is 0. The van der Waals surface area contributed by atoms with E-state index in [1.807, 2.05) is 0 Å². The number of imide groups is 1. The predicted molar refractivity (Wildman–Crippen MR) is 25.7 cm³/mol. The molecule has 7 heavy (non-hydrogen) atoms. The summed E-state index contributed by atoms with van der Waals surface area (Å²) in [5.41, 5.74) is 0. The molecule has 1 rings (SSSR count). The number of carbonyl (C=O) groups excluding carboxylic acids is 2. The summed E-state index contributed by atoms with van der Waals surface area (Å²) in [5.74, 6) is -0.157. The van der Waals surface area contributed by atoms with Crippen molar-refractivity contribution in [2.24, 2.45) is 0 Å². The lowest BCUT2D eigenvalue weighted by atomic mass is 9.67. The highest BCUT2D eigenvalue weighted by Crippen LogP contribution is 1.99. The number of nitrogens with zero attached hydrogens (tertiary/aromatic N) is 1. The monoisotopic (exact) mass is 97.0 g/mol. The van der Waals surface area contributed by atoms with Crippen LogP contribution in [-0.2, 0) is 0 Å². The van der Waals surface area contributed by atoms with E-state index in [4.69, 9.17) is 0 Å². The number of hydrogen-bond acceptors (Lipinski definition) is 2. The summed E-state index contributed by atoms with van der Waals surface area (Å²) in [5, 5.41) is 0. The third-order valence-electron chi connectivity index (χ3n) is 1.05. The molecule has 1 fully saturated rings. The first-order valence-corrected chi connectivity index (χ1v) is 2.01. The molecule has 0 aromatic rings. The van der Waals surface area contributed by atoms with E-state index in [1.54, 1.807) is 0 Å². The largest absolute Gasteiger partial charge is 0.342 e. The van der Waals surface area contributed by atoms with Gasteiger partial charge in [-0.1, -0.05) is 0 Å². The van der Waals surface area contributed by atoms with Crippen LogP contribution in [-0.4, -0.2) is 30.8 Å². The van der Waals surface area contributed by atoms with Gasteiger partial charge >= 0.3 is 7.28 Å². The summed E-state index contributed by atoms with van der Waals surface area (Å²) in [7, 11) is 1.59. The van der Waals surface area contributed by atoms with Crippen molar-refractivity contribution in [1.29, 1.82) is 0 Å². The summed E-state index contributed by atoms with van der Waals surface area (Å²) >= 11 is 0. The number of amides is 2. The molecule has 36 valence electrons. The van der Waals surface area contributed by atoms with E-state index >= 15 is 0 Å². The van der Waals surface area contributed by atoms with Crippen LogP contribution in [0.1, 0.15) is 0 Å². The van der Waals surface area contributed by atoms with Crippen molar-refractivity contribution in [3.63, 3.8) is 0 Å². The Morgan fingerprint density at radius 1 is 1.43 bits per heavy atom.